The summed E-state index contributed by atoms with van der Waals surface area (Å²) in [6.07, 6.45) is 9.18. The standard InChI is InChI=1S/C18H21N5O2/c1-2-22-11-13(10-20-22)18(25)21-15-8-16(24)23(14-5-6-14)17(15)12-4-3-7-19-9-12/h3-4,7,9-11,14-15,17H,2,5-6,8H2,1H3,(H,21,25)/t15-,17+/m1/s1. The van der Waals surface area contributed by atoms with Crippen molar-refractivity contribution >= 4 is 11.8 Å². The van der Waals surface area contributed by atoms with E-state index in [4.69, 9.17) is 0 Å². The van der Waals surface area contributed by atoms with Crippen molar-refractivity contribution in [3.8, 4) is 0 Å². The summed E-state index contributed by atoms with van der Waals surface area (Å²) in [6, 6.07) is 3.73. The molecule has 25 heavy (non-hydrogen) atoms. The summed E-state index contributed by atoms with van der Waals surface area (Å²) in [4.78, 5) is 31.3. The number of hydrogen-bond acceptors (Lipinski definition) is 4. The van der Waals surface area contributed by atoms with Crippen LogP contribution in [0, 0.1) is 0 Å². The Bertz CT molecular complexity index is 784. The van der Waals surface area contributed by atoms with Gasteiger partial charge in [0.05, 0.1) is 23.8 Å². The largest absolute Gasteiger partial charge is 0.346 e. The van der Waals surface area contributed by atoms with Crippen LogP contribution in [0.5, 0.6) is 0 Å². The summed E-state index contributed by atoms with van der Waals surface area (Å²) >= 11 is 0. The highest BCUT2D eigenvalue weighted by atomic mass is 16.2. The molecular weight excluding hydrogens is 318 g/mol. The van der Waals surface area contributed by atoms with Crippen LogP contribution in [0.15, 0.2) is 36.9 Å². The van der Waals surface area contributed by atoms with Crippen LogP contribution in [0.25, 0.3) is 0 Å². The average Bonchev–Trinajstić information content (AvgIpc) is 3.24. The highest BCUT2D eigenvalue weighted by Crippen LogP contribution is 2.41. The zero-order valence-corrected chi connectivity index (χ0v) is 14.1. The predicted molar refractivity (Wildman–Crippen MR) is 90.6 cm³/mol. The number of carbonyl (C=O) groups excluding carboxylic acids is 2. The maximum atomic E-state index is 12.6. The van der Waals surface area contributed by atoms with Crippen LogP contribution in [0.4, 0.5) is 0 Å². The van der Waals surface area contributed by atoms with Crippen molar-refractivity contribution < 1.29 is 9.59 Å². The van der Waals surface area contributed by atoms with E-state index in [1.54, 1.807) is 29.5 Å². The molecule has 1 saturated heterocycles. The maximum absolute atomic E-state index is 12.6. The van der Waals surface area contributed by atoms with Crippen molar-refractivity contribution in [1.82, 2.24) is 25.0 Å². The van der Waals surface area contributed by atoms with Gasteiger partial charge in [-0.05, 0) is 31.4 Å². The molecule has 0 bridgehead atoms. The lowest BCUT2D eigenvalue weighted by atomic mass is 10.0. The summed E-state index contributed by atoms with van der Waals surface area (Å²) < 4.78 is 1.71. The van der Waals surface area contributed by atoms with Gasteiger partial charge in [-0.3, -0.25) is 19.3 Å². The number of amides is 2. The van der Waals surface area contributed by atoms with Gasteiger partial charge in [-0.15, -0.1) is 0 Å². The van der Waals surface area contributed by atoms with E-state index in [1.807, 2.05) is 24.0 Å². The van der Waals surface area contributed by atoms with Gasteiger partial charge in [0.2, 0.25) is 5.91 Å². The summed E-state index contributed by atoms with van der Waals surface area (Å²) in [7, 11) is 0. The molecule has 7 heteroatoms. The molecule has 1 N–H and O–H groups in total. The van der Waals surface area contributed by atoms with E-state index < -0.39 is 0 Å². The number of nitrogens with zero attached hydrogens (tertiary/aromatic N) is 4. The molecule has 4 rings (SSSR count). The van der Waals surface area contributed by atoms with E-state index in [0.29, 0.717) is 24.6 Å². The van der Waals surface area contributed by atoms with Crippen molar-refractivity contribution in [1.29, 1.82) is 0 Å². The fourth-order valence-corrected chi connectivity index (χ4v) is 3.52. The quantitative estimate of drug-likeness (QED) is 0.896. The van der Waals surface area contributed by atoms with Crippen molar-refractivity contribution in [2.24, 2.45) is 0 Å². The lowest BCUT2D eigenvalue weighted by molar-refractivity contribution is -0.129. The van der Waals surface area contributed by atoms with Crippen LogP contribution < -0.4 is 5.32 Å². The molecule has 0 spiro atoms. The fourth-order valence-electron chi connectivity index (χ4n) is 3.52. The summed E-state index contributed by atoms with van der Waals surface area (Å²) in [5.41, 5.74) is 1.49. The first kappa shape index (κ1) is 15.8. The number of carbonyl (C=O) groups is 2. The number of aromatic nitrogens is 3. The molecule has 7 nitrogen and oxygen atoms in total. The third kappa shape index (κ3) is 3.01. The van der Waals surface area contributed by atoms with Crippen molar-refractivity contribution in [2.75, 3.05) is 0 Å². The zero-order chi connectivity index (χ0) is 17.4. The molecule has 0 radical (unpaired) electrons. The first-order chi connectivity index (χ1) is 12.2. The third-order valence-corrected chi connectivity index (χ3v) is 4.87. The molecule has 2 fully saturated rings. The van der Waals surface area contributed by atoms with Gasteiger partial charge in [0, 0.05) is 37.6 Å². The van der Waals surface area contributed by atoms with Gasteiger partial charge in [0.25, 0.3) is 5.91 Å². The van der Waals surface area contributed by atoms with Gasteiger partial charge >= 0.3 is 0 Å². The van der Waals surface area contributed by atoms with Crippen LogP contribution in [0.1, 0.15) is 48.1 Å². The molecule has 0 aromatic carbocycles. The van der Waals surface area contributed by atoms with Gasteiger partial charge < -0.3 is 10.2 Å². The Morgan fingerprint density at radius 1 is 1.36 bits per heavy atom. The zero-order valence-electron chi connectivity index (χ0n) is 14.1. The highest BCUT2D eigenvalue weighted by Gasteiger charge is 2.47. The van der Waals surface area contributed by atoms with E-state index in [9.17, 15) is 9.59 Å². The molecule has 2 aromatic rings. The van der Waals surface area contributed by atoms with Crippen molar-refractivity contribution in [3.05, 3.63) is 48.0 Å². The number of pyridine rings is 1. The normalized spacial score (nSPS) is 23.1. The summed E-state index contributed by atoms with van der Waals surface area (Å²) in [5, 5.41) is 7.19. The summed E-state index contributed by atoms with van der Waals surface area (Å²) in [6.45, 7) is 2.68. The van der Waals surface area contributed by atoms with Crippen LogP contribution in [-0.2, 0) is 11.3 Å². The van der Waals surface area contributed by atoms with Crippen LogP contribution in [0.2, 0.25) is 0 Å². The molecule has 1 aliphatic heterocycles. The minimum Gasteiger partial charge on any atom is -0.346 e. The average molecular weight is 339 g/mol. The number of likely N-dealkylation sites (tertiary alicyclic amines) is 1. The first-order valence-corrected chi connectivity index (χ1v) is 8.71. The van der Waals surface area contributed by atoms with Crippen LogP contribution >= 0.6 is 0 Å². The maximum Gasteiger partial charge on any atom is 0.254 e. The van der Waals surface area contributed by atoms with E-state index in [-0.39, 0.29) is 23.9 Å². The van der Waals surface area contributed by atoms with Crippen molar-refractivity contribution in [3.63, 3.8) is 0 Å². The topological polar surface area (TPSA) is 80.1 Å². The van der Waals surface area contributed by atoms with Gasteiger partial charge in [0.15, 0.2) is 0 Å². The summed E-state index contributed by atoms with van der Waals surface area (Å²) in [5.74, 6) is -0.0880. The second-order valence-corrected chi connectivity index (χ2v) is 6.63. The minimum absolute atomic E-state index is 0.103. The number of nitrogens with one attached hydrogen (secondary N) is 1. The molecule has 130 valence electrons. The monoisotopic (exact) mass is 339 g/mol. The number of rotatable bonds is 5. The Balaban J connectivity index is 1.58. The fraction of sp³-hybridized carbons (Fsp3) is 0.444. The molecule has 2 amide bonds. The second-order valence-electron chi connectivity index (χ2n) is 6.63. The minimum atomic E-state index is -0.255. The molecule has 3 heterocycles. The molecule has 2 aromatic heterocycles. The van der Waals surface area contributed by atoms with Gasteiger partial charge in [-0.1, -0.05) is 6.07 Å². The Morgan fingerprint density at radius 3 is 2.84 bits per heavy atom. The van der Waals surface area contributed by atoms with E-state index in [2.05, 4.69) is 15.4 Å². The van der Waals surface area contributed by atoms with Gasteiger partial charge in [-0.25, -0.2) is 0 Å². The Kier molecular flexibility index (Phi) is 3.99. The smallest absolute Gasteiger partial charge is 0.254 e. The molecule has 0 unspecified atom stereocenters. The van der Waals surface area contributed by atoms with Crippen molar-refractivity contribution in [2.45, 2.75) is 50.9 Å². The predicted octanol–water partition coefficient (Wildman–Crippen LogP) is 1.53. The van der Waals surface area contributed by atoms with E-state index >= 15 is 0 Å². The Morgan fingerprint density at radius 2 is 2.20 bits per heavy atom. The third-order valence-electron chi connectivity index (χ3n) is 4.87. The van der Waals surface area contributed by atoms with Crippen LogP contribution in [-0.4, -0.2) is 43.6 Å². The number of hydrogen-bond donors (Lipinski definition) is 1. The Hall–Kier alpha value is -2.70. The van der Waals surface area contributed by atoms with E-state index in [0.717, 1.165) is 18.4 Å². The molecule has 1 saturated carbocycles. The molecular formula is C18H21N5O2. The SMILES string of the molecule is CCn1cc(C(=O)N[C@@H]2CC(=O)N(C3CC3)[C@H]2c2cccnc2)cn1. The molecule has 1 aliphatic carbocycles. The lowest BCUT2D eigenvalue weighted by Gasteiger charge is -2.28. The molecule has 2 aliphatic rings. The highest BCUT2D eigenvalue weighted by molar-refractivity contribution is 5.94. The van der Waals surface area contributed by atoms with Gasteiger partial charge in [-0.2, -0.15) is 5.10 Å². The molecule has 2 atom stereocenters. The first-order valence-electron chi connectivity index (χ1n) is 8.71. The lowest BCUT2D eigenvalue weighted by Crippen LogP contribution is -2.40. The second kappa shape index (κ2) is 6.31. The van der Waals surface area contributed by atoms with E-state index in [1.165, 1.54) is 0 Å². The Labute approximate surface area is 146 Å². The van der Waals surface area contributed by atoms with Gasteiger partial charge in [0.1, 0.15) is 0 Å². The van der Waals surface area contributed by atoms with Crippen LogP contribution in [0.3, 0.4) is 0 Å². The number of aryl methyl sites for hydroxylation is 1.